The fourth-order valence-corrected chi connectivity index (χ4v) is 3.12. The van der Waals surface area contributed by atoms with Crippen LogP contribution >= 0.6 is 27.3 Å². The van der Waals surface area contributed by atoms with E-state index in [0.717, 1.165) is 21.5 Å². The van der Waals surface area contributed by atoms with Gasteiger partial charge >= 0.3 is 0 Å². The number of hydrogen-bond acceptors (Lipinski definition) is 2. The molecule has 0 saturated carbocycles. The molecule has 94 valence electrons. The van der Waals surface area contributed by atoms with Crippen molar-refractivity contribution >= 4 is 38.9 Å². The third-order valence-corrected chi connectivity index (χ3v) is 4.76. The maximum atomic E-state index is 12.1. The highest BCUT2D eigenvalue weighted by molar-refractivity contribution is 9.10. The number of carbonyl (C=O) groups is 1. The molecule has 0 aliphatic rings. The van der Waals surface area contributed by atoms with Gasteiger partial charge in [0.2, 0.25) is 0 Å². The third-order valence-electron chi connectivity index (χ3n) is 2.69. The Morgan fingerprint density at radius 1 is 1.39 bits per heavy atom. The van der Waals surface area contributed by atoms with Crippen molar-refractivity contribution in [2.75, 3.05) is 5.32 Å². The number of benzene rings is 1. The van der Waals surface area contributed by atoms with E-state index in [-0.39, 0.29) is 5.91 Å². The van der Waals surface area contributed by atoms with E-state index >= 15 is 0 Å². The van der Waals surface area contributed by atoms with Gasteiger partial charge in [0, 0.05) is 9.35 Å². The molecule has 0 saturated heterocycles. The molecule has 0 fully saturated rings. The summed E-state index contributed by atoms with van der Waals surface area (Å²) in [5.41, 5.74) is 1.99. The molecular weight excluding hydrogens is 310 g/mol. The second kappa shape index (κ2) is 5.67. The smallest absolute Gasteiger partial charge is 0.265 e. The van der Waals surface area contributed by atoms with Crippen LogP contribution in [0.1, 0.15) is 27.0 Å². The van der Waals surface area contributed by atoms with E-state index < -0.39 is 0 Å². The number of thiophene rings is 1. The Kier molecular flexibility index (Phi) is 4.19. The van der Waals surface area contributed by atoms with Crippen molar-refractivity contribution in [3.63, 3.8) is 0 Å². The van der Waals surface area contributed by atoms with Gasteiger partial charge in [-0.3, -0.25) is 4.79 Å². The van der Waals surface area contributed by atoms with Crippen LogP contribution in [0.15, 0.2) is 34.8 Å². The summed E-state index contributed by atoms with van der Waals surface area (Å²) < 4.78 is 0.891. The van der Waals surface area contributed by atoms with E-state index in [1.165, 1.54) is 10.4 Å². The van der Waals surface area contributed by atoms with Crippen LogP contribution < -0.4 is 5.32 Å². The molecule has 0 bridgehead atoms. The van der Waals surface area contributed by atoms with Crippen LogP contribution in [0, 0.1) is 6.92 Å². The Morgan fingerprint density at radius 3 is 2.72 bits per heavy atom. The molecule has 2 aromatic rings. The quantitative estimate of drug-likeness (QED) is 0.876. The van der Waals surface area contributed by atoms with E-state index in [9.17, 15) is 4.79 Å². The summed E-state index contributed by atoms with van der Waals surface area (Å²) in [5.74, 6) is -0.0466. The van der Waals surface area contributed by atoms with Crippen molar-refractivity contribution in [2.24, 2.45) is 0 Å². The van der Waals surface area contributed by atoms with Gasteiger partial charge in [-0.25, -0.2) is 0 Å². The van der Waals surface area contributed by atoms with Crippen molar-refractivity contribution in [3.8, 4) is 0 Å². The zero-order valence-corrected chi connectivity index (χ0v) is 12.7. The maximum absolute atomic E-state index is 12.1. The highest BCUT2D eigenvalue weighted by Crippen LogP contribution is 2.25. The lowest BCUT2D eigenvalue weighted by atomic mass is 10.2. The van der Waals surface area contributed by atoms with E-state index in [2.05, 4.69) is 28.2 Å². The van der Waals surface area contributed by atoms with Crippen molar-refractivity contribution in [2.45, 2.75) is 20.3 Å². The molecule has 18 heavy (non-hydrogen) atoms. The van der Waals surface area contributed by atoms with Gasteiger partial charge in [0.05, 0.1) is 10.6 Å². The molecule has 0 radical (unpaired) electrons. The zero-order valence-electron chi connectivity index (χ0n) is 10.3. The molecule has 4 heteroatoms. The van der Waals surface area contributed by atoms with Gasteiger partial charge in [0.25, 0.3) is 5.91 Å². The number of halogens is 1. The highest BCUT2D eigenvalue weighted by atomic mass is 79.9. The third kappa shape index (κ3) is 2.82. The summed E-state index contributed by atoms with van der Waals surface area (Å²) >= 11 is 4.98. The Labute approximate surface area is 119 Å². The van der Waals surface area contributed by atoms with Crippen LogP contribution in [0.3, 0.4) is 0 Å². The van der Waals surface area contributed by atoms with Crippen LogP contribution in [0.4, 0.5) is 5.69 Å². The van der Waals surface area contributed by atoms with E-state index in [4.69, 9.17) is 0 Å². The molecule has 0 aliphatic heterocycles. The fourth-order valence-electron chi connectivity index (χ4n) is 1.73. The van der Waals surface area contributed by atoms with Crippen LogP contribution in [-0.4, -0.2) is 5.91 Å². The molecule has 0 spiro atoms. The van der Waals surface area contributed by atoms with Crippen LogP contribution in [-0.2, 0) is 6.42 Å². The summed E-state index contributed by atoms with van der Waals surface area (Å²) in [4.78, 5) is 14.2. The van der Waals surface area contributed by atoms with Gasteiger partial charge in [-0.05, 0) is 53.0 Å². The number of rotatable bonds is 3. The molecule has 1 heterocycles. The first-order valence-electron chi connectivity index (χ1n) is 5.77. The van der Waals surface area contributed by atoms with Crippen molar-refractivity contribution in [1.29, 1.82) is 0 Å². The minimum absolute atomic E-state index is 0.0466. The first-order chi connectivity index (χ1) is 8.61. The largest absolute Gasteiger partial charge is 0.320 e. The normalized spacial score (nSPS) is 10.4. The highest BCUT2D eigenvalue weighted by Gasteiger charge is 2.12. The lowest BCUT2D eigenvalue weighted by Crippen LogP contribution is -2.10. The average molecular weight is 324 g/mol. The Balaban J connectivity index is 2.19. The maximum Gasteiger partial charge on any atom is 0.265 e. The number of carbonyl (C=O) groups excluding carboxylic acids is 1. The Morgan fingerprint density at radius 2 is 2.11 bits per heavy atom. The number of aryl methyl sites for hydroxylation is 2. The second-order valence-electron chi connectivity index (χ2n) is 4.00. The predicted molar refractivity (Wildman–Crippen MR) is 80.5 cm³/mol. The molecule has 1 aromatic carbocycles. The number of amides is 1. The van der Waals surface area contributed by atoms with E-state index in [1.807, 2.05) is 37.3 Å². The van der Waals surface area contributed by atoms with Crippen LogP contribution in [0.2, 0.25) is 0 Å². The zero-order chi connectivity index (χ0) is 13.1. The SMILES string of the molecule is CCc1sc(C(=O)Nc2ccccc2Br)cc1C. The lowest BCUT2D eigenvalue weighted by molar-refractivity contribution is 0.103. The molecule has 0 unspecified atom stereocenters. The Hall–Kier alpha value is -1.13. The summed E-state index contributed by atoms with van der Waals surface area (Å²) in [6.45, 7) is 4.15. The van der Waals surface area contributed by atoms with Gasteiger partial charge in [-0.15, -0.1) is 11.3 Å². The Bertz CT molecular complexity index is 577. The molecule has 2 nitrogen and oxygen atoms in total. The van der Waals surface area contributed by atoms with E-state index in [1.54, 1.807) is 11.3 Å². The summed E-state index contributed by atoms with van der Waals surface area (Å²) in [6.07, 6.45) is 0.971. The number of nitrogens with one attached hydrogen (secondary N) is 1. The van der Waals surface area contributed by atoms with Gasteiger partial charge in [0.1, 0.15) is 0 Å². The molecule has 1 aromatic heterocycles. The van der Waals surface area contributed by atoms with Crippen LogP contribution in [0.25, 0.3) is 0 Å². The van der Waals surface area contributed by atoms with Gasteiger partial charge in [-0.1, -0.05) is 19.1 Å². The first kappa shape index (κ1) is 13.3. The summed E-state index contributed by atoms with van der Waals surface area (Å²) in [7, 11) is 0. The number of hydrogen-bond donors (Lipinski definition) is 1. The van der Waals surface area contributed by atoms with Crippen molar-refractivity contribution in [1.82, 2.24) is 0 Å². The first-order valence-corrected chi connectivity index (χ1v) is 7.38. The number of anilines is 1. The standard InChI is InChI=1S/C14H14BrNOS/c1-3-12-9(2)8-13(18-12)14(17)16-11-7-5-4-6-10(11)15/h4-8H,3H2,1-2H3,(H,16,17). The minimum Gasteiger partial charge on any atom is -0.320 e. The molecule has 1 amide bonds. The molecule has 2 rings (SSSR count). The monoisotopic (exact) mass is 323 g/mol. The van der Waals surface area contributed by atoms with Crippen molar-refractivity contribution < 1.29 is 4.79 Å². The van der Waals surface area contributed by atoms with Gasteiger partial charge in [-0.2, -0.15) is 0 Å². The summed E-state index contributed by atoms with van der Waals surface area (Å²) in [6, 6.07) is 9.56. The summed E-state index contributed by atoms with van der Waals surface area (Å²) in [5, 5.41) is 2.92. The topological polar surface area (TPSA) is 29.1 Å². The second-order valence-corrected chi connectivity index (χ2v) is 6.00. The van der Waals surface area contributed by atoms with Gasteiger partial charge in [0.15, 0.2) is 0 Å². The predicted octanol–water partition coefficient (Wildman–Crippen LogP) is 4.63. The molecular formula is C14H14BrNOS. The van der Waals surface area contributed by atoms with Gasteiger partial charge < -0.3 is 5.32 Å². The number of para-hydroxylation sites is 1. The fraction of sp³-hybridized carbons (Fsp3) is 0.214. The molecule has 1 N–H and O–H groups in total. The van der Waals surface area contributed by atoms with E-state index in [0.29, 0.717) is 0 Å². The van der Waals surface area contributed by atoms with Crippen LogP contribution in [0.5, 0.6) is 0 Å². The molecule has 0 atom stereocenters. The molecule has 0 aliphatic carbocycles. The average Bonchev–Trinajstić information content (AvgIpc) is 2.73. The minimum atomic E-state index is -0.0466. The lowest BCUT2D eigenvalue weighted by Gasteiger charge is -2.05. The van der Waals surface area contributed by atoms with Crippen molar-refractivity contribution in [3.05, 3.63) is 50.1 Å².